The average molecular weight is 291 g/mol. The maximum absolute atomic E-state index is 11.3. The minimum atomic E-state index is -1.24. The molecule has 0 saturated carbocycles. The van der Waals surface area contributed by atoms with E-state index in [1.54, 1.807) is 12.1 Å². The Labute approximate surface area is 128 Å². The van der Waals surface area contributed by atoms with E-state index >= 15 is 0 Å². The molecule has 22 heavy (non-hydrogen) atoms. The molecule has 0 aliphatic carbocycles. The van der Waals surface area contributed by atoms with E-state index in [9.17, 15) is 9.90 Å². The van der Waals surface area contributed by atoms with E-state index in [4.69, 9.17) is 0 Å². The fraction of sp³-hybridized carbons (Fsp3) is 0.167. The second kappa shape index (κ2) is 5.56. The van der Waals surface area contributed by atoms with Crippen molar-refractivity contribution < 1.29 is 9.90 Å². The van der Waals surface area contributed by atoms with Gasteiger partial charge in [-0.25, -0.2) is 9.97 Å². The molecule has 2 aromatic carbocycles. The Morgan fingerprint density at radius 3 is 2.41 bits per heavy atom. The Kier molecular flexibility index (Phi) is 3.59. The van der Waals surface area contributed by atoms with Gasteiger partial charge < -0.3 is 9.90 Å². The van der Waals surface area contributed by atoms with Crippen LogP contribution in [0.3, 0.4) is 0 Å². The number of para-hydroxylation sites is 2. The summed E-state index contributed by atoms with van der Waals surface area (Å²) in [6.07, 6.45) is 2.86. The van der Waals surface area contributed by atoms with Crippen LogP contribution in [0.1, 0.15) is 29.8 Å². The highest BCUT2D eigenvalue weighted by atomic mass is 16.4. The maximum Gasteiger partial charge on any atom is 0.0985 e. The summed E-state index contributed by atoms with van der Waals surface area (Å²) in [6.45, 7) is 4.08. The summed E-state index contributed by atoms with van der Waals surface area (Å²) in [4.78, 5) is 20.4. The Morgan fingerprint density at radius 2 is 1.73 bits per heavy atom. The first-order valence-corrected chi connectivity index (χ1v) is 7.09. The molecule has 0 amide bonds. The highest BCUT2D eigenvalue weighted by molar-refractivity contribution is 6.01. The van der Waals surface area contributed by atoms with Gasteiger partial charge in [0.1, 0.15) is 0 Å². The van der Waals surface area contributed by atoms with Gasteiger partial charge >= 0.3 is 0 Å². The van der Waals surface area contributed by atoms with Gasteiger partial charge in [0.25, 0.3) is 0 Å². The zero-order valence-corrected chi connectivity index (χ0v) is 12.5. The van der Waals surface area contributed by atoms with Crippen molar-refractivity contribution in [3.05, 3.63) is 59.2 Å². The highest BCUT2D eigenvalue weighted by Gasteiger charge is 2.09. The standard InChI is InChI=1S/C18H16N2O2/c1-11(2)9-10-12-5-3-7-14-16(12)20-17-13(18(21)22)6-4-8-15(17)19-14/h3-9H,10H2,1-2H3,(H,21,22)/p-1. The molecule has 1 aromatic heterocycles. The second-order valence-corrected chi connectivity index (χ2v) is 5.45. The van der Waals surface area contributed by atoms with Gasteiger partial charge in [0, 0.05) is 5.56 Å². The molecule has 1 heterocycles. The van der Waals surface area contributed by atoms with Gasteiger partial charge in [-0.05, 0) is 38.0 Å². The monoisotopic (exact) mass is 291 g/mol. The first kappa shape index (κ1) is 14.2. The number of nitrogens with zero attached hydrogens (tertiary/aromatic N) is 2. The minimum absolute atomic E-state index is 0.0731. The SMILES string of the molecule is CC(C)=CCc1cccc2nc3cccc(C(=O)[O-])c3nc12. The molecule has 0 aliphatic heterocycles. The Bertz CT molecular complexity index is 909. The van der Waals surface area contributed by atoms with Crippen LogP contribution < -0.4 is 5.11 Å². The summed E-state index contributed by atoms with van der Waals surface area (Å²) in [7, 11) is 0. The van der Waals surface area contributed by atoms with Crippen molar-refractivity contribution in [1.82, 2.24) is 9.97 Å². The van der Waals surface area contributed by atoms with E-state index in [0.717, 1.165) is 23.0 Å². The van der Waals surface area contributed by atoms with Crippen LogP contribution in [0.4, 0.5) is 0 Å². The molecule has 110 valence electrons. The van der Waals surface area contributed by atoms with Crippen molar-refractivity contribution in [3.63, 3.8) is 0 Å². The molecule has 0 bridgehead atoms. The molecule has 4 heteroatoms. The normalized spacial score (nSPS) is 10.8. The summed E-state index contributed by atoms with van der Waals surface area (Å²) < 4.78 is 0. The predicted molar refractivity (Wildman–Crippen MR) is 84.5 cm³/mol. The molecule has 3 rings (SSSR count). The zero-order valence-electron chi connectivity index (χ0n) is 12.5. The van der Waals surface area contributed by atoms with E-state index in [2.05, 4.69) is 16.0 Å². The van der Waals surface area contributed by atoms with Crippen molar-refractivity contribution in [3.8, 4) is 0 Å². The van der Waals surface area contributed by atoms with Crippen LogP contribution in [-0.2, 0) is 6.42 Å². The molecule has 0 atom stereocenters. The molecule has 0 radical (unpaired) electrons. The fourth-order valence-electron chi connectivity index (χ4n) is 2.42. The number of aromatic nitrogens is 2. The summed E-state index contributed by atoms with van der Waals surface area (Å²) >= 11 is 0. The minimum Gasteiger partial charge on any atom is -0.545 e. The lowest BCUT2D eigenvalue weighted by Gasteiger charge is -2.09. The number of carboxylic acid groups (broad SMARTS) is 1. The second-order valence-electron chi connectivity index (χ2n) is 5.45. The number of fused-ring (bicyclic) bond motifs is 2. The van der Waals surface area contributed by atoms with Crippen LogP contribution in [0, 0.1) is 0 Å². The number of benzene rings is 2. The van der Waals surface area contributed by atoms with Crippen LogP contribution in [0.15, 0.2) is 48.0 Å². The number of hydrogen-bond donors (Lipinski definition) is 0. The molecule has 0 fully saturated rings. The Morgan fingerprint density at radius 1 is 1.05 bits per heavy atom. The van der Waals surface area contributed by atoms with Crippen molar-refractivity contribution in [2.24, 2.45) is 0 Å². The van der Waals surface area contributed by atoms with E-state index in [1.807, 2.05) is 32.0 Å². The van der Waals surface area contributed by atoms with Crippen molar-refractivity contribution in [2.45, 2.75) is 20.3 Å². The highest BCUT2D eigenvalue weighted by Crippen LogP contribution is 2.22. The van der Waals surface area contributed by atoms with Gasteiger partial charge in [-0.1, -0.05) is 35.9 Å². The predicted octanol–water partition coefficient (Wildman–Crippen LogP) is 2.66. The lowest BCUT2D eigenvalue weighted by atomic mass is 10.1. The molecule has 0 aliphatic rings. The Balaban J connectivity index is 2.30. The fourth-order valence-corrected chi connectivity index (χ4v) is 2.42. The van der Waals surface area contributed by atoms with E-state index in [0.29, 0.717) is 11.0 Å². The van der Waals surface area contributed by atoms with E-state index in [1.165, 1.54) is 11.6 Å². The summed E-state index contributed by atoms with van der Waals surface area (Å²) in [5.74, 6) is -1.24. The van der Waals surface area contributed by atoms with Crippen LogP contribution in [0.25, 0.3) is 22.1 Å². The van der Waals surface area contributed by atoms with Gasteiger partial charge in [0.05, 0.1) is 28.0 Å². The van der Waals surface area contributed by atoms with Crippen LogP contribution in [0.5, 0.6) is 0 Å². The van der Waals surface area contributed by atoms with Crippen molar-refractivity contribution >= 4 is 28.0 Å². The number of aromatic carboxylic acids is 1. The smallest absolute Gasteiger partial charge is 0.0985 e. The molecule has 4 nitrogen and oxygen atoms in total. The zero-order chi connectivity index (χ0) is 15.7. The number of carboxylic acids is 1. The van der Waals surface area contributed by atoms with Crippen LogP contribution in [0.2, 0.25) is 0 Å². The lowest BCUT2D eigenvalue weighted by Crippen LogP contribution is -2.22. The largest absolute Gasteiger partial charge is 0.545 e. The summed E-state index contributed by atoms with van der Waals surface area (Å²) in [5.41, 5.74) is 4.77. The molecule has 0 saturated heterocycles. The van der Waals surface area contributed by atoms with Gasteiger partial charge in [-0.3, -0.25) is 0 Å². The van der Waals surface area contributed by atoms with Crippen LogP contribution >= 0.6 is 0 Å². The van der Waals surface area contributed by atoms with Gasteiger partial charge in [0.15, 0.2) is 0 Å². The first-order chi connectivity index (χ1) is 10.6. The van der Waals surface area contributed by atoms with Crippen molar-refractivity contribution in [1.29, 1.82) is 0 Å². The summed E-state index contributed by atoms with van der Waals surface area (Å²) in [5, 5.41) is 11.3. The molecule has 3 aromatic rings. The molecule has 0 spiro atoms. The van der Waals surface area contributed by atoms with Crippen LogP contribution in [-0.4, -0.2) is 15.9 Å². The summed E-state index contributed by atoms with van der Waals surface area (Å²) in [6, 6.07) is 10.7. The maximum atomic E-state index is 11.3. The number of carbonyl (C=O) groups excluding carboxylic acids is 1. The van der Waals surface area contributed by atoms with Gasteiger partial charge in [-0.15, -0.1) is 0 Å². The van der Waals surface area contributed by atoms with Gasteiger partial charge in [0.2, 0.25) is 0 Å². The molecule has 0 N–H and O–H groups in total. The van der Waals surface area contributed by atoms with Gasteiger partial charge in [-0.2, -0.15) is 0 Å². The number of allylic oxidation sites excluding steroid dienone is 2. The lowest BCUT2D eigenvalue weighted by molar-refractivity contribution is -0.254. The number of hydrogen-bond acceptors (Lipinski definition) is 4. The number of rotatable bonds is 3. The van der Waals surface area contributed by atoms with Crippen molar-refractivity contribution in [2.75, 3.05) is 0 Å². The van der Waals surface area contributed by atoms with E-state index in [-0.39, 0.29) is 5.56 Å². The average Bonchev–Trinajstić information content (AvgIpc) is 2.50. The Hall–Kier alpha value is -2.75. The molecular weight excluding hydrogens is 276 g/mol. The quantitative estimate of drug-likeness (QED) is 0.549. The molecular formula is C18H15N2O2-. The molecule has 0 unspecified atom stereocenters. The number of carbonyl (C=O) groups is 1. The topological polar surface area (TPSA) is 65.9 Å². The third kappa shape index (κ3) is 2.55. The first-order valence-electron chi connectivity index (χ1n) is 7.09. The third-order valence-corrected chi connectivity index (χ3v) is 3.53. The van der Waals surface area contributed by atoms with E-state index < -0.39 is 5.97 Å². The third-order valence-electron chi connectivity index (χ3n) is 3.53.